The van der Waals surface area contributed by atoms with Crippen LogP contribution in [0, 0.1) is 12.3 Å². The molecule has 104 valence electrons. The summed E-state index contributed by atoms with van der Waals surface area (Å²) in [4.78, 5) is 23.9. The number of rotatable bonds is 3. The van der Waals surface area contributed by atoms with Crippen LogP contribution in [0.2, 0.25) is 0 Å². The molecule has 0 aliphatic heterocycles. The molecule has 0 atom stereocenters. The van der Waals surface area contributed by atoms with E-state index in [4.69, 9.17) is 0 Å². The van der Waals surface area contributed by atoms with Crippen LogP contribution in [0.5, 0.6) is 0 Å². The van der Waals surface area contributed by atoms with E-state index in [1.807, 2.05) is 6.92 Å². The van der Waals surface area contributed by atoms with Gasteiger partial charge in [-0.15, -0.1) is 0 Å². The number of aromatic nitrogens is 2. The lowest BCUT2D eigenvalue weighted by molar-refractivity contribution is -0.156. The molecule has 1 amide bonds. The third-order valence-corrected chi connectivity index (χ3v) is 3.90. The van der Waals surface area contributed by atoms with E-state index in [1.54, 1.807) is 17.9 Å². The van der Waals surface area contributed by atoms with Gasteiger partial charge < -0.3 is 10.4 Å². The number of carboxylic acids is 1. The second-order valence-electron chi connectivity index (χ2n) is 5.20. The van der Waals surface area contributed by atoms with Gasteiger partial charge >= 0.3 is 5.97 Å². The van der Waals surface area contributed by atoms with Crippen molar-refractivity contribution in [1.82, 2.24) is 9.78 Å². The van der Waals surface area contributed by atoms with Crippen molar-refractivity contribution in [3.05, 3.63) is 11.8 Å². The first-order valence-corrected chi connectivity index (χ1v) is 6.51. The second-order valence-corrected chi connectivity index (χ2v) is 5.20. The van der Waals surface area contributed by atoms with Crippen LogP contribution in [0.3, 0.4) is 0 Å². The van der Waals surface area contributed by atoms with Crippen LogP contribution in [0.1, 0.15) is 37.7 Å². The van der Waals surface area contributed by atoms with E-state index in [9.17, 15) is 14.7 Å². The average molecular weight is 265 g/mol. The van der Waals surface area contributed by atoms with E-state index >= 15 is 0 Å². The quantitative estimate of drug-likeness (QED) is 0.815. The number of amides is 1. The number of anilines is 1. The molecule has 0 bridgehead atoms. The molecule has 2 N–H and O–H groups in total. The summed E-state index contributed by atoms with van der Waals surface area (Å²) in [7, 11) is 1.72. The molecule has 0 aromatic carbocycles. The summed E-state index contributed by atoms with van der Waals surface area (Å²) < 4.78 is 1.55. The maximum atomic E-state index is 12.4. The van der Waals surface area contributed by atoms with Gasteiger partial charge in [-0.2, -0.15) is 5.10 Å². The van der Waals surface area contributed by atoms with E-state index in [2.05, 4.69) is 10.4 Å². The highest BCUT2D eigenvalue weighted by molar-refractivity contribution is 6.08. The van der Waals surface area contributed by atoms with Crippen LogP contribution >= 0.6 is 0 Å². The van der Waals surface area contributed by atoms with Crippen molar-refractivity contribution in [3.8, 4) is 0 Å². The molecular formula is C13H19N3O3. The molecule has 6 heteroatoms. The largest absolute Gasteiger partial charge is 0.480 e. The molecule has 1 heterocycles. The predicted molar refractivity (Wildman–Crippen MR) is 69.7 cm³/mol. The second kappa shape index (κ2) is 5.03. The van der Waals surface area contributed by atoms with Crippen LogP contribution in [0.4, 0.5) is 5.82 Å². The molecule has 1 aromatic rings. The van der Waals surface area contributed by atoms with Gasteiger partial charge in [-0.1, -0.05) is 19.3 Å². The minimum atomic E-state index is -1.28. The summed E-state index contributed by atoms with van der Waals surface area (Å²) in [6, 6.07) is 0. The van der Waals surface area contributed by atoms with Crippen molar-refractivity contribution in [2.45, 2.75) is 39.0 Å². The van der Waals surface area contributed by atoms with Gasteiger partial charge in [-0.05, 0) is 19.8 Å². The highest BCUT2D eigenvalue weighted by atomic mass is 16.4. The van der Waals surface area contributed by atoms with Crippen molar-refractivity contribution in [3.63, 3.8) is 0 Å². The number of aryl methyl sites for hydroxylation is 2. The lowest BCUT2D eigenvalue weighted by atomic mass is 9.73. The summed E-state index contributed by atoms with van der Waals surface area (Å²) in [5, 5.41) is 16.2. The number of nitrogens with zero attached hydrogens (tertiary/aromatic N) is 2. The summed E-state index contributed by atoms with van der Waals surface area (Å²) in [5.41, 5.74) is -0.457. The lowest BCUT2D eigenvalue weighted by Gasteiger charge is -2.31. The molecule has 0 radical (unpaired) electrons. The SMILES string of the molecule is Cc1cnn(C)c1NC(=O)C1(C(=O)O)CCCCC1. The van der Waals surface area contributed by atoms with Crippen LogP contribution in [0.25, 0.3) is 0 Å². The Morgan fingerprint density at radius 1 is 1.37 bits per heavy atom. The van der Waals surface area contributed by atoms with E-state index < -0.39 is 17.3 Å². The Hall–Kier alpha value is -1.85. The summed E-state index contributed by atoms with van der Waals surface area (Å²) in [5.74, 6) is -0.882. The number of hydrogen-bond donors (Lipinski definition) is 2. The Kier molecular flexibility index (Phi) is 3.59. The Balaban J connectivity index is 2.24. The number of aliphatic carboxylic acids is 1. The summed E-state index contributed by atoms with van der Waals surface area (Å²) in [6.45, 7) is 1.83. The normalized spacial score (nSPS) is 18.0. The van der Waals surface area contributed by atoms with E-state index in [0.717, 1.165) is 24.8 Å². The zero-order valence-electron chi connectivity index (χ0n) is 11.3. The maximum absolute atomic E-state index is 12.4. The first kappa shape index (κ1) is 13.6. The number of hydrogen-bond acceptors (Lipinski definition) is 3. The Bertz CT molecular complexity index is 482. The Labute approximate surface area is 111 Å². The standard InChI is InChI=1S/C13H19N3O3/c1-9-8-14-16(2)10(9)15-11(17)13(12(18)19)6-4-3-5-7-13/h8H,3-7H2,1-2H3,(H,15,17)(H,18,19). The fraction of sp³-hybridized carbons (Fsp3) is 0.615. The molecule has 1 aliphatic rings. The molecule has 1 aromatic heterocycles. The van der Waals surface area contributed by atoms with Crippen LogP contribution < -0.4 is 5.32 Å². The molecule has 19 heavy (non-hydrogen) atoms. The lowest BCUT2D eigenvalue weighted by Crippen LogP contribution is -2.44. The highest BCUT2D eigenvalue weighted by Gasteiger charge is 2.47. The van der Waals surface area contributed by atoms with E-state index in [-0.39, 0.29) is 0 Å². The number of carbonyl (C=O) groups excluding carboxylic acids is 1. The average Bonchev–Trinajstić information content (AvgIpc) is 2.71. The monoisotopic (exact) mass is 265 g/mol. The Morgan fingerprint density at radius 2 is 2.00 bits per heavy atom. The molecule has 0 saturated heterocycles. The zero-order chi connectivity index (χ0) is 14.0. The van der Waals surface area contributed by atoms with Crippen molar-refractivity contribution in [2.75, 3.05) is 5.32 Å². The molecule has 0 unspecified atom stereocenters. The number of carboxylic acid groups (broad SMARTS) is 1. The number of nitrogens with one attached hydrogen (secondary N) is 1. The van der Waals surface area contributed by atoms with E-state index in [0.29, 0.717) is 18.7 Å². The van der Waals surface area contributed by atoms with E-state index in [1.165, 1.54) is 0 Å². The van der Waals surface area contributed by atoms with Crippen molar-refractivity contribution in [2.24, 2.45) is 12.5 Å². The molecular weight excluding hydrogens is 246 g/mol. The van der Waals surface area contributed by atoms with Gasteiger partial charge in [0.1, 0.15) is 11.2 Å². The van der Waals surface area contributed by atoms with Crippen molar-refractivity contribution < 1.29 is 14.7 Å². The van der Waals surface area contributed by atoms with Crippen LogP contribution in [0.15, 0.2) is 6.20 Å². The highest BCUT2D eigenvalue weighted by Crippen LogP contribution is 2.37. The zero-order valence-corrected chi connectivity index (χ0v) is 11.3. The third-order valence-electron chi connectivity index (χ3n) is 3.90. The van der Waals surface area contributed by atoms with Crippen molar-refractivity contribution >= 4 is 17.7 Å². The summed E-state index contributed by atoms with van der Waals surface area (Å²) in [6.07, 6.45) is 5.02. The molecule has 0 spiro atoms. The van der Waals surface area contributed by atoms with Gasteiger partial charge in [0, 0.05) is 12.6 Å². The maximum Gasteiger partial charge on any atom is 0.319 e. The van der Waals surface area contributed by atoms with Gasteiger partial charge in [0.2, 0.25) is 5.91 Å². The molecule has 1 aliphatic carbocycles. The predicted octanol–water partition coefficient (Wildman–Crippen LogP) is 1.70. The molecule has 2 rings (SSSR count). The minimum Gasteiger partial charge on any atom is -0.480 e. The van der Waals surface area contributed by atoms with Crippen LogP contribution in [-0.4, -0.2) is 26.8 Å². The van der Waals surface area contributed by atoms with Gasteiger partial charge in [-0.3, -0.25) is 14.3 Å². The minimum absolute atomic E-state index is 0.408. The number of carbonyl (C=O) groups is 2. The van der Waals surface area contributed by atoms with Gasteiger partial charge in [0.15, 0.2) is 0 Å². The molecule has 1 saturated carbocycles. The molecule has 1 fully saturated rings. The Morgan fingerprint density at radius 3 is 2.47 bits per heavy atom. The fourth-order valence-electron chi connectivity index (χ4n) is 2.65. The van der Waals surface area contributed by atoms with Gasteiger partial charge in [-0.25, -0.2) is 0 Å². The third kappa shape index (κ3) is 2.34. The summed E-state index contributed by atoms with van der Waals surface area (Å²) >= 11 is 0. The molecule has 6 nitrogen and oxygen atoms in total. The fourth-order valence-corrected chi connectivity index (χ4v) is 2.65. The topological polar surface area (TPSA) is 84.2 Å². The van der Waals surface area contributed by atoms with Crippen LogP contribution in [-0.2, 0) is 16.6 Å². The smallest absolute Gasteiger partial charge is 0.319 e. The first-order valence-electron chi connectivity index (χ1n) is 6.51. The van der Waals surface area contributed by atoms with Crippen molar-refractivity contribution in [1.29, 1.82) is 0 Å². The van der Waals surface area contributed by atoms with Gasteiger partial charge in [0.25, 0.3) is 0 Å². The first-order chi connectivity index (χ1) is 8.97. The van der Waals surface area contributed by atoms with Gasteiger partial charge in [0.05, 0.1) is 6.20 Å².